The lowest BCUT2D eigenvalue weighted by molar-refractivity contribution is -0.461. The Kier molecular flexibility index (Phi) is 8.47. The summed E-state index contributed by atoms with van der Waals surface area (Å²) in [5.74, 6) is -0.767. The molecule has 0 spiro atoms. The van der Waals surface area contributed by atoms with Gasteiger partial charge in [-0.15, -0.1) is 11.3 Å². The van der Waals surface area contributed by atoms with Crippen molar-refractivity contribution in [3.8, 4) is 17.6 Å². The average Bonchev–Trinajstić information content (AvgIpc) is 3.22. The van der Waals surface area contributed by atoms with Crippen molar-refractivity contribution in [3.63, 3.8) is 0 Å². The van der Waals surface area contributed by atoms with Crippen LogP contribution in [0.1, 0.15) is 5.56 Å². The molecule has 1 aromatic heterocycles. The number of hydrogen-bond acceptors (Lipinski definition) is 8. The zero-order valence-electron chi connectivity index (χ0n) is 18.7. The van der Waals surface area contributed by atoms with Crippen LogP contribution in [0.3, 0.4) is 0 Å². The lowest BCUT2D eigenvalue weighted by Gasteiger charge is -2.24. The molecule has 2 N–H and O–H groups in total. The molecule has 2 aromatic carbocycles. The van der Waals surface area contributed by atoms with Crippen molar-refractivity contribution in [2.45, 2.75) is 4.21 Å². The minimum absolute atomic E-state index is 0.0867. The van der Waals surface area contributed by atoms with E-state index in [0.717, 1.165) is 29.5 Å². The van der Waals surface area contributed by atoms with Crippen LogP contribution in [0.2, 0.25) is 0 Å². The molecular formula is C21H22FN4O6PS2. The first-order valence-corrected chi connectivity index (χ1v) is 14.1. The topological polar surface area (TPSA) is 144 Å². The van der Waals surface area contributed by atoms with Crippen molar-refractivity contribution in [2.24, 2.45) is 0 Å². The summed E-state index contributed by atoms with van der Waals surface area (Å²) in [5.41, 5.74) is -0.281. The largest absolute Gasteiger partial charge is 0.768 e. The lowest BCUT2D eigenvalue weighted by atomic mass is 10.2. The molecule has 3 aromatic rings. The fourth-order valence-corrected chi connectivity index (χ4v) is 6.66. The van der Waals surface area contributed by atoms with E-state index in [-0.39, 0.29) is 15.5 Å². The Balaban J connectivity index is 1.64. The molecule has 1 atom stereocenters. The van der Waals surface area contributed by atoms with Gasteiger partial charge in [-0.1, -0.05) is 0 Å². The first-order valence-electron chi connectivity index (χ1n) is 10.1. The number of nitrogens with zero attached hydrogens (tertiary/aromatic N) is 2. The summed E-state index contributed by atoms with van der Waals surface area (Å²) in [4.78, 5) is 12.2. The highest BCUT2D eigenvalue weighted by atomic mass is 32.2. The first kappa shape index (κ1) is 26.6. The van der Waals surface area contributed by atoms with E-state index in [4.69, 9.17) is 14.5 Å². The number of nitrogens with one attached hydrogen (secondary N) is 2. The molecule has 1 heterocycles. The molecular weight excluding hydrogens is 518 g/mol. The van der Waals surface area contributed by atoms with E-state index in [1.54, 1.807) is 30.6 Å². The van der Waals surface area contributed by atoms with Gasteiger partial charge < -0.3 is 14.2 Å². The first-order chi connectivity index (χ1) is 16.5. The second kappa shape index (κ2) is 11.2. The highest BCUT2D eigenvalue weighted by molar-refractivity contribution is 7.92. The van der Waals surface area contributed by atoms with E-state index in [9.17, 15) is 22.3 Å². The third-order valence-electron chi connectivity index (χ3n) is 4.35. The average molecular weight is 541 g/mol. The monoisotopic (exact) mass is 540 g/mol. The van der Waals surface area contributed by atoms with Crippen molar-refractivity contribution >= 4 is 45.4 Å². The van der Waals surface area contributed by atoms with Gasteiger partial charge >= 0.3 is 0 Å². The van der Waals surface area contributed by atoms with Crippen LogP contribution in [0.15, 0.2) is 46.7 Å². The minimum atomic E-state index is -4.76. The second-order valence-corrected chi connectivity index (χ2v) is 12.2. The second-order valence-electron chi connectivity index (χ2n) is 7.42. The molecule has 0 saturated carbocycles. The van der Waals surface area contributed by atoms with E-state index in [1.165, 1.54) is 6.07 Å². The third-order valence-corrected chi connectivity index (χ3v) is 8.59. The predicted octanol–water partition coefficient (Wildman–Crippen LogP) is 2.05. The summed E-state index contributed by atoms with van der Waals surface area (Å²) < 4.78 is 66.1. The number of rotatable bonds is 11. The Bertz CT molecular complexity index is 1450. The molecule has 10 nitrogen and oxygen atoms in total. The van der Waals surface area contributed by atoms with Crippen molar-refractivity contribution in [1.29, 1.82) is 5.26 Å². The van der Waals surface area contributed by atoms with E-state index in [2.05, 4.69) is 5.32 Å². The zero-order valence-corrected chi connectivity index (χ0v) is 21.3. The van der Waals surface area contributed by atoms with Gasteiger partial charge in [0.1, 0.15) is 40.7 Å². The van der Waals surface area contributed by atoms with Crippen LogP contribution < -0.4 is 24.2 Å². The van der Waals surface area contributed by atoms with Gasteiger partial charge in [-0.2, -0.15) is 5.26 Å². The van der Waals surface area contributed by atoms with Crippen LogP contribution in [-0.2, 0) is 14.6 Å². The molecule has 0 aliphatic carbocycles. The summed E-state index contributed by atoms with van der Waals surface area (Å²) in [6.45, 7) is 0.977. The Morgan fingerprint density at radius 1 is 1.23 bits per heavy atom. The number of benzene rings is 2. The molecule has 186 valence electrons. The van der Waals surface area contributed by atoms with Gasteiger partial charge in [0, 0.05) is 10.8 Å². The van der Waals surface area contributed by atoms with E-state index >= 15 is 0 Å². The summed E-state index contributed by atoms with van der Waals surface area (Å²) >= 11 is 0.967. The molecule has 0 amide bonds. The predicted molar refractivity (Wildman–Crippen MR) is 128 cm³/mol. The summed E-state index contributed by atoms with van der Waals surface area (Å²) in [7, 11) is -5.16. The molecule has 0 bridgehead atoms. The number of thiophene rings is 1. The fourth-order valence-electron chi connectivity index (χ4n) is 2.77. The standard InChI is InChI=1S/C21H22FN4O6PS2/c1-26(2)13-24-7-8-31-17-5-6-20-16(9-17)10-21(34-20)35(29,30)25-14-33(27,28)32-18-4-3-15(12-23)19(22)11-18/h3-6,9-11,13,25H,7-8,14H2,1-2H3,(H,27,28). The Morgan fingerprint density at radius 2 is 1.97 bits per heavy atom. The molecule has 0 aliphatic heterocycles. The van der Waals surface area contributed by atoms with Crippen LogP contribution in [0.5, 0.6) is 11.5 Å². The van der Waals surface area contributed by atoms with Gasteiger partial charge in [-0.3, -0.25) is 14.5 Å². The molecule has 1 unspecified atom stereocenters. The Hall–Kier alpha value is -3.01. The third kappa shape index (κ3) is 7.48. The van der Waals surface area contributed by atoms with Crippen LogP contribution in [0.4, 0.5) is 4.39 Å². The Morgan fingerprint density at radius 3 is 2.66 bits per heavy atom. The molecule has 0 radical (unpaired) electrons. The number of halogens is 1. The zero-order chi connectivity index (χ0) is 25.6. The number of hydrogen-bond donors (Lipinski definition) is 2. The molecule has 14 heteroatoms. The van der Waals surface area contributed by atoms with Gasteiger partial charge in [0.25, 0.3) is 10.0 Å². The van der Waals surface area contributed by atoms with Gasteiger partial charge in [0.05, 0.1) is 25.9 Å². The number of ether oxygens (including phenoxy) is 1. The molecule has 35 heavy (non-hydrogen) atoms. The van der Waals surface area contributed by atoms with E-state index in [1.807, 2.05) is 23.4 Å². The number of nitriles is 1. The highest BCUT2D eigenvalue weighted by Crippen LogP contribution is 2.38. The summed E-state index contributed by atoms with van der Waals surface area (Å²) in [6, 6.07) is 11.0. The van der Waals surface area contributed by atoms with E-state index < -0.39 is 29.7 Å². The number of sulfonamides is 1. The van der Waals surface area contributed by atoms with Crippen LogP contribution >= 0.6 is 18.9 Å². The van der Waals surface area contributed by atoms with Crippen molar-refractivity contribution < 1.29 is 36.1 Å². The van der Waals surface area contributed by atoms with Crippen LogP contribution in [0.25, 0.3) is 10.1 Å². The summed E-state index contributed by atoms with van der Waals surface area (Å²) in [6.07, 6.45) is 0.751. The van der Waals surface area contributed by atoms with Crippen molar-refractivity contribution in [3.05, 3.63) is 53.8 Å². The molecule has 0 fully saturated rings. The number of fused-ring (bicyclic) bond motifs is 1. The Labute approximate surface area is 205 Å². The fraction of sp³-hybridized carbons (Fsp3) is 0.238. The van der Waals surface area contributed by atoms with Gasteiger partial charge in [-0.05, 0) is 41.8 Å². The minimum Gasteiger partial charge on any atom is -0.768 e. The maximum Gasteiger partial charge on any atom is 0.250 e. The quantitative estimate of drug-likeness (QED) is 0.124. The van der Waals surface area contributed by atoms with Crippen molar-refractivity contribution in [2.75, 3.05) is 33.5 Å². The maximum absolute atomic E-state index is 13.7. The highest BCUT2D eigenvalue weighted by Gasteiger charge is 2.21. The van der Waals surface area contributed by atoms with Crippen LogP contribution in [-0.4, -0.2) is 52.9 Å². The van der Waals surface area contributed by atoms with Crippen LogP contribution in [0, 0.1) is 17.1 Å². The maximum atomic E-state index is 13.7. The SMILES string of the molecule is C[N+](C)=CNCCOc1ccc2sc(S(=O)(=O)NCP(=O)([O-])Oc3ccc(C#N)c(F)c3)cc2c1. The molecule has 0 aliphatic rings. The van der Waals surface area contributed by atoms with Gasteiger partial charge in [0.2, 0.25) is 6.34 Å². The van der Waals surface area contributed by atoms with Gasteiger partial charge in [-0.25, -0.2) is 17.5 Å². The summed E-state index contributed by atoms with van der Waals surface area (Å²) in [5, 5.41) is 12.4. The van der Waals surface area contributed by atoms with E-state index in [0.29, 0.717) is 29.0 Å². The smallest absolute Gasteiger partial charge is 0.250 e. The molecule has 3 rings (SSSR count). The normalized spacial score (nSPS) is 13.0. The molecule has 0 saturated heterocycles. The van der Waals surface area contributed by atoms with Gasteiger partial charge in [0.15, 0.2) is 7.60 Å². The van der Waals surface area contributed by atoms with Crippen molar-refractivity contribution in [1.82, 2.24) is 10.0 Å². The lowest BCUT2D eigenvalue weighted by Crippen LogP contribution is -2.28.